The van der Waals surface area contributed by atoms with Crippen molar-refractivity contribution in [3.63, 3.8) is 0 Å². The first-order chi connectivity index (χ1) is 11.4. The van der Waals surface area contributed by atoms with Crippen molar-refractivity contribution in [2.45, 2.75) is 43.1 Å². The topological polar surface area (TPSA) is 92.2 Å². The molecule has 1 aliphatic carbocycles. The Kier molecular flexibility index (Phi) is 5.01. The Morgan fingerprint density at radius 3 is 2.71 bits per heavy atom. The van der Waals surface area contributed by atoms with Gasteiger partial charge in [-0.1, -0.05) is 19.3 Å². The molecule has 3 rings (SSSR count). The van der Waals surface area contributed by atoms with Crippen molar-refractivity contribution < 1.29 is 13.5 Å². The Morgan fingerprint density at radius 1 is 1.25 bits per heavy atom. The van der Waals surface area contributed by atoms with Gasteiger partial charge in [0, 0.05) is 18.2 Å². The van der Waals surface area contributed by atoms with Crippen molar-refractivity contribution in [3.8, 4) is 0 Å². The summed E-state index contributed by atoms with van der Waals surface area (Å²) in [5.41, 5.74) is 0.673. The molecule has 1 aromatic heterocycles. The fourth-order valence-corrected chi connectivity index (χ4v) is 3.94. The number of rotatable bonds is 5. The molecule has 0 radical (unpaired) electrons. The standard InChI is InChI=1S/C17H23N3O3S/c1-24(22,23)13-7-8-15-14(9-13)17(20-11-19-15)18-10-16(21)12-5-3-2-4-6-12/h7-9,11-12,16,21H,2-6,10H2,1H3,(H,18,19,20). The smallest absolute Gasteiger partial charge is 0.175 e. The Hall–Kier alpha value is -1.73. The predicted octanol–water partition coefficient (Wildman–Crippen LogP) is 2.39. The maximum atomic E-state index is 11.8. The largest absolute Gasteiger partial charge is 0.391 e. The minimum atomic E-state index is -3.29. The van der Waals surface area contributed by atoms with Crippen LogP contribution in [0.5, 0.6) is 0 Å². The summed E-state index contributed by atoms with van der Waals surface area (Å²) in [5, 5.41) is 14.2. The fourth-order valence-electron chi connectivity index (χ4n) is 3.29. The summed E-state index contributed by atoms with van der Waals surface area (Å²) in [6, 6.07) is 4.81. The maximum Gasteiger partial charge on any atom is 0.175 e. The summed E-state index contributed by atoms with van der Waals surface area (Å²) >= 11 is 0. The molecule has 24 heavy (non-hydrogen) atoms. The first kappa shape index (κ1) is 17.1. The molecular formula is C17H23N3O3S. The van der Waals surface area contributed by atoms with E-state index in [2.05, 4.69) is 15.3 Å². The van der Waals surface area contributed by atoms with Gasteiger partial charge in [0.2, 0.25) is 0 Å². The molecule has 1 atom stereocenters. The number of benzene rings is 1. The highest BCUT2D eigenvalue weighted by Crippen LogP contribution is 2.27. The SMILES string of the molecule is CS(=O)(=O)c1ccc2ncnc(NCC(O)C3CCCCC3)c2c1. The third-order valence-corrected chi connectivity index (χ3v) is 5.82. The van der Waals surface area contributed by atoms with Crippen LogP contribution < -0.4 is 5.32 Å². The van der Waals surface area contributed by atoms with Crippen LogP contribution in [0.4, 0.5) is 5.82 Å². The molecule has 2 N–H and O–H groups in total. The number of nitrogens with zero attached hydrogens (tertiary/aromatic N) is 2. The molecule has 7 heteroatoms. The Labute approximate surface area is 142 Å². The van der Waals surface area contributed by atoms with E-state index in [9.17, 15) is 13.5 Å². The van der Waals surface area contributed by atoms with E-state index in [0.717, 1.165) is 12.8 Å². The van der Waals surface area contributed by atoms with Crippen LogP contribution in [-0.2, 0) is 9.84 Å². The molecule has 1 heterocycles. The molecular weight excluding hydrogens is 326 g/mol. The number of nitrogens with one attached hydrogen (secondary N) is 1. The second-order valence-corrected chi connectivity index (χ2v) is 8.54. The second kappa shape index (κ2) is 7.03. The highest BCUT2D eigenvalue weighted by atomic mass is 32.2. The molecule has 1 fully saturated rings. The molecule has 1 aromatic carbocycles. The van der Waals surface area contributed by atoms with E-state index in [1.807, 2.05) is 0 Å². The molecule has 6 nitrogen and oxygen atoms in total. The minimum Gasteiger partial charge on any atom is -0.391 e. The van der Waals surface area contributed by atoms with Gasteiger partial charge in [0.15, 0.2) is 9.84 Å². The minimum absolute atomic E-state index is 0.237. The summed E-state index contributed by atoms with van der Waals surface area (Å²) < 4.78 is 23.5. The first-order valence-electron chi connectivity index (χ1n) is 8.32. The van der Waals surface area contributed by atoms with Gasteiger partial charge < -0.3 is 10.4 Å². The normalized spacial score (nSPS) is 17.8. The zero-order valence-electron chi connectivity index (χ0n) is 13.8. The van der Waals surface area contributed by atoms with Crippen molar-refractivity contribution in [1.82, 2.24) is 9.97 Å². The summed E-state index contributed by atoms with van der Waals surface area (Å²) in [4.78, 5) is 8.63. The lowest BCUT2D eigenvalue weighted by molar-refractivity contribution is 0.0956. The van der Waals surface area contributed by atoms with Gasteiger partial charge in [0.05, 0.1) is 16.5 Å². The van der Waals surface area contributed by atoms with Crippen LogP contribution in [0, 0.1) is 5.92 Å². The van der Waals surface area contributed by atoms with Crippen LogP contribution in [0.2, 0.25) is 0 Å². The molecule has 130 valence electrons. The number of hydrogen-bond acceptors (Lipinski definition) is 6. The highest BCUT2D eigenvalue weighted by molar-refractivity contribution is 7.90. The summed E-state index contributed by atoms with van der Waals surface area (Å²) in [7, 11) is -3.29. The van der Waals surface area contributed by atoms with Crippen LogP contribution in [0.25, 0.3) is 10.9 Å². The number of hydrogen-bond donors (Lipinski definition) is 2. The number of sulfone groups is 1. The Bertz CT molecular complexity index is 817. The van der Waals surface area contributed by atoms with Gasteiger partial charge in [-0.3, -0.25) is 0 Å². The molecule has 0 bridgehead atoms. The van der Waals surface area contributed by atoms with E-state index in [1.165, 1.54) is 31.8 Å². The lowest BCUT2D eigenvalue weighted by Crippen LogP contribution is -2.30. The van der Waals surface area contributed by atoms with Gasteiger partial charge in [0.25, 0.3) is 0 Å². The van der Waals surface area contributed by atoms with Gasteiger partial charge >= 0.3 is 0 Å². The molecule has 1 unspecified atom stereocenters. The third-order valence-electron chi connectivity index (χ3n) is 4.71. The predicted molar refractivity (Wildman–Crippen MR) is 93.7 cm³/mol. The quantitative estimate of drug-likeness (QED) is 0.861. The van der Waals surface area contributed by atoms with Crippen LogP contribution in [0.1, 0.15) is 32.1 Å². The highest BCUT2D eigenvalue weighted by Gasteiger charge is 2.21. The lowest BCUT2D eigenvalue weighted by atomic mass is 9.85. The van der Waals surface area contributed by atoms with E-state index in [-0.39, 0.29) is 4.90 Å². The van der Waals surface area contributed by atoms with Crippen molar-refractivity contribution >= 4 is 26.6 Å². The molecule has 0 saturated heterocycles. The summed E-state index contributed by atoms with van der Waals surface area (Å²) in [6.07, 6.45) is 7.92. The van der Waals surface area contributed by atoms with Crippen molar-refractivity contribution in [1.29, 1.82) is 0 Å². The number of aliphatic hydroxyl groups excluding tert-OH is 1. The van der Waals surface area contributed by atoms with Gasteiger partial charge in [-0.2, -0.15) is 0 Å². The summed E-state index contributed by atoms with van der Waals surface area (Å²) in [6.45, 7) is 0.403. The molecule has 1 aliphatic rings. The van der Waals surface area contributed by atoms with E-state index in [1.54, 1.807) is 18.2 Å². The number of aromatic nitrogens is 2. The maximum absolute atomic E-state index is 11.8. The monoisotopic (exact) mass is 349 g/mol. The fraction of sp³-hybridized carbons (Fsp3) is 0.529. The molecule has 0 amide bonds. The zero-order chi connectivity index (χ0) is 17.2. The van der Waals surface area contributed by atoms with E-state index in [0.29, 0.717) is 29.2 Å². The summed E-state index contributed by atoms with van der Waals surface area (Å²) in [5.74, 6) is 0.881. The van der Waals surface area contributed by atoms with Gasteiger partial charge in [-0.05, 0) is 37.0 Å². The Balaban J connectivity index is 1.80. The first-order valence-corrected chi connectivity index (χ1v) is 10.2. The van der Waals surface area contributed by atoms with E-state index < -0.39 is 15.9 Å². The van der Waals surface area contributed by atoms with Crippen molar-refractivity contribution in [2.75, 3.05) is 18.1 Å². The van der Waals surface area contributed by atoms with Gasteiger partial charge in [0.1, 0.15) is 12.1 Å². The van der Waals surface area contributed by atoms with Crippen LogP contribution >= 0.6 is 0 Å². The second-order valence-electron chi connectivity index (χ2n) is 6.52. The molecule has 0 aliphatic heterocycles. The van der Waals surface area contributed by atoms with E-state index >= 15 is 0 Å². The molecule has 0 spiro atoms. The van der Waals surface area contributed by atoms with Gasteiger partial charge in [-0.25, -0.2) is 18.4 Å². The van der Waals surface area contributed by atoms with Gasteiger partial charge in [-0.15, -0.1) is 0 Å². The molecule has 1 saturated carbocycles. The average Bonchev–Trinajstić information content (AvgIpc) is 2.59. The molecule has 2 aromatic rings. The number of anilines is 1. The lowest BCUT2D eigenvalue weighted by Gasteiger charge is -2.26. The van der Waals surface area contributed by atoms with Crippen LogP contribution in [0.3, 0.4) is 0 Å². The van der Waals surface area contributed by atoms with Crippen molar-refractivity contribution in [2.24, 2.45) is 5.92 Å². The van der Waals surface area contributed by atoms with Crippen LogP contribution in [-0.4, -0.2) is 42.4 Å². The van der Waals surface area contributed by atoms with Crippen LogP contribution in [0.15, 0.2) is 29.4 Å². The number of aliphatic hydroxyl groups is 1. The Morgan fingerprint density at radius 2 is 2.00 bits per heavy atom. The van der Waals surface area contributed by atoms with Crippen molar-refractivity contribution in [3.05, 3.63) is 24.5 Å². The third kappa shape index (κ3) is 3.84. The zero-order valence-corrected chi connectivity index (χ0v) is 14.6. The van der Waals surface area contributed by atoms with E-state index in [4.69, 9.17) is 0 Å². The number of fused-ring (bicyclic) bond motifs is 1. The average molecular weight is 349 g/mol.